The normalized spacial score (nSPS) is 11.8. The first-order chi connectivity index (χ1) is 17.4. The van der Waals surface area contributed by atoms with Crippen LogP contribution in [0, 0.1) is 5.82 Å². The van der Waals surface area contributed by atoms with Gasteiger partial charge in [-0.3, -0.25) is 4.79 Å². The van der Waals surface area contributed by atoms with Crippen LogP contribution in [0.4, 0.5) is 10.2 Å². The number of likely N-dealkylation sites (N-methyl/N-ethyl adjacent to an activating group) is 1. The summed E-state index contributed by atoms with van der Waals surface area (Å²) >= 11 is 0. The Balaban J connectivity index is 1.57. The zero-order valence-electron chi connectivity index (χ0n) is 19.6. The predicted molar refractivity (Wildman–Crippen MR) is 139 cm³/mol. The van der Waals surface area contributed by atoms with E-state index in [2.05, 4.69) is 10.4 Å². The van der Waals surface area contributed by atoms with Gasteiger partial charge in [-0.05, 0) is 35.9 Å². The van der Waals surface area contributed by atoms with E-state index < -0.39 is 21.7 Å². The largest absolute Gasteiger partial charge is 0.309 e. The third-order valence-corrected chi connectivity index (χ3v) is 6.97. The minimum absolute atomic E-state index is 0.112. The molecule has 36 heavy (non-hydrogen) atoms. The predicted octanol–water partition coefficient (Wildman–Crippen LogP) is 4.94. The van der Waals surface area contributed by atoms with Gasteiger partial charge >= 0.3 is 0 Å². The van der Waals surface area contributed by atoms with E-state index >= 15 is 0 Å². The number of anilines is 1. The van der Waals surface area contributed by atoms with Crippen LogP contribution in [0.2, 0.25) is 0 Å². The quantitative estimate of drug-likeness (QED) is 0.350. The Morgan fingerprint density at radius 2 is 1.64 bits per heavy atom. The van der Waals surface area contributed by atoms with Crippen LogP contribution in [0.3, 0.4) is 0 Å². The van der Waals surface area contributed by atoms with E-state index in [1.807, 2.05) is 48.5 Å². The molecule has 0 atom stereocenters. The van der Waals surface area contributed by atoms with Crippen molar-refractivity contribution in [3.63, 3.8) is 0 Å². The van der Waals surface area contributed by atoms with E-state index in [4.69, 9.17) is 0 Å². The van der Waals surface area contributed by atoms with E-state index in [1.165, 1.54) is 22.9 Å². The van der Waals surface area contributed by atoms with Gasteiger partial charge in [-0.1, -0.05) is 67.6 Å². The second kappa shape index (κ2) is 11.1. The molecule has 1 heterocycles. The third-order valence-electron chi connectivity index (χ3n) is 5.38. The summed E-state index contributed by atoms with van der Waals surface area (Å²) in [6.45, 7) is 1.39. The van der Waals surface area contributed by atoms with Crippen molar-refractivity contribution in [3.05, 3.63) is 108 Å². The van der Waals surface area contributed by atoms with Gasteiger partial charge in [0.1, 0.15) is 11.6 Å². The number of nitrogens with one attached hydrogen (secondary N) is 1. The van der Waals surface area contributed by atoms with Crippen LogP contribution in [0.15, 0.2) is 96.4 Å². The minimum atomic E-state index is -3.83. The molecule has 0 aliphatic carbocycles. The van der Waals surface area contributed by atoms with E-state index in [0.29, 0.717) is 17.2 Å². The van der Waals surface area contributed by atoms with Gasteiger partial charge < -0.3 is 5.32 Å². The Hall–Kier alpha value is -4.08. The highest BCUT2D eigenvalue weighted by Gasteiger charge is 2.22. The summed E-state index contributed by atoms with van der Waals surface area (Å²) in [6.07, 6.45) is 1.49. The lowest BCUT2D eigenvalue weighted by Gasteiger charge is -2.18. The number of nitrogens with zero attached hydrogens (tertiary/aromatic N) is 3. The fraction of sp³-hybridized carbons (Fsp3) is 0.111. The van der Waals surface area contributed by atoms with Crippen LogP contribution in [0.1, 0.15) is 12.5 Å². The molecular weight excluding hydrogens is 479 g/mol. The van der Waals surface area contributed by atoms with Gasteiger partial charge in [0.05, 0.1) is 17.9 Å². The monoisotopic (exact) mass is 504 g/mol. The van der Waals surface area contributed by atoms with E-state index in [1.54, 1.807) is 37.3 Å². The number of hydrogen-bond acceptors (Lipinski definition) is 4. The van der Waals surface area contributed by atoms with Gasteiger partial charge in [-0.15, -0.1) is 0 Å². The molecule has 0 saturated carbocycles. The van der Waals surface area contributed by atoms with Crippen molar-refractivity contribution < 1.29 is 17.6 Å². The Morgan fingerprint density at radius 1 is 1.00 bits per heavy atom. The maximum absolute atomic E-state index is 13.5. The topological polar surface area (TPSA) is 84.3 Å². The molecule has 184 valence electrons. The number of sulfonamides is 1. The molecule has 0 spiro atoms. The van der Waals surface area contributed by atoms with Crippen molar-refractivity contribution in [1.82, 2.24) is 14.1 Å². The lowest BCUT2D eigenvalue weighted by Crippen LogP contribution is -2.37. The first-order valence-corrected chi connectivity index (χ1v) is 12.8. The van der Waals surface area contributed by atoms with Crippen molar-refractivity contribution in [2.75, 3.05) is 18.4 Å². The standard InChI is InChI=1S/C27H25FN4O3S/c1-2-31(36(34,35)18-17-21-9-5-3-6-10-21)20-27(33)29-26-19-25(22-11-7-4-8-12-22)30-32(26)24-15-13-23(28)14-16-24/h3-19H,2,20H2,1H3,(H,29,33)/b18-17+. The summed E-state index contributed by atoms with van der Waals surface area (Å²) < 4.78 is 41.7. The van der Waals surface area contributed by atoms with Gasteiger partial charge in [-0.2, -0.15) is 9.40 Å². The van der Waals surface area contributed by atoms with Crippen molar-refractivity contribution in [3.8, 4) is 16.9 Å². The number of aromatic nitrogens is 2. The lowest BCUT2D eigenvalue weighted by atomic mass is 10.2. The highest BCUT2D eigenvalue weighted by molar-refractivity contribution is 7.92. The number of benzene rings is 3. The SMILES string of the molecule is CCN(CC(=O)Nc1cc(-c2ccccc2)nn1-c1ccc(F)cc1)S(=O)(=O)/C=C/c1ccccc1. The molecule has 4 aromatic rings. The first kappa shape index (κ1) is 25.0. The summed E-state index contributed by atoms with van der Waals surface area (Å²) in [5, 5.41) is 8.44. The molecule has 0 bridgehead atoms. The molecule has 1 aromatic heterocycles. The Labute approximate surface area is 209 Å². The average Bonchev–Trinajstić information content (AvgIpc) is 3.31. The van der Waals surface area contributed by atoms with Crippen molar-refractivity contribution in [2.24, 2.45) is 0 Å². The van der Waals surface area contributed by atoms with E-state index in [-0.39, 0.29) is 13.1 Å². The number of hydrogen-bond donors (Lipinski definition) is 1. The molecule has 0 unspecified atom stereocenters. The van der Waals surface area contributed by atoms with Crippen LogP contribution in [-0.4, -0.2) is 41.5 Å². The molecular formula is C27H25FN4O3S. The van der Waals surface area contributed by atoms with Gasteiger partial charge in [0.15, 0.2) is 0 Å². The molecule has 0 aliphatic heterocycles. The fourth-order valence-corrected chi connectivity index (χ4v) is 4.70. The third kappa shape index (κ3) is 6.12. The van der Waals surface area contributed by atoms with Crippen molar-refractivity contribution >= 4 is 27.8 Å². The number of carbonyl (C=O) groups excluding carboxylic acids is 1. The summed E-state index contributed by atoms with van der Waals surface area (Å²) in [7, 11) is -3.83. The zero-order valence-corrected chi connectivity index (χ0v) is 20.4. The molecule has 7 nitrogen and oxygen atoms in total. The Kier molecular flexibility index (Phi) is 7.72. The maximum Gasteiger partial charge on any atom is 0.240 e. The highest BCUT2D eigenvalue weighted by atomic mass is 32.2. The summed E-state index contributed by atoms with van der Waals surface area (Å²) in [5.74, 6) is -0.595. The molecule has 1 amide bonds. The Bertz CT molecular complexity index is 1450. The first-order valence-electron chi connectivity index (χ1n) is 11.3. The van der Waals surface area contributed by atoms with Crippen molar-refractivity contribution in [2.45, 2.75) is 6.92 Å². The number of carbonyl (C=O) groups is 1. The molecule has 0 radical (unpaired) electrons. The molecule has 0 saturated heterocycles. The summed E-state index contributed by atoms with van der Waals surface area (Å²) in [6, 6.07) is 25.8. The van der Waals surface area contributed by atoms with E-state index in [9.17, 15) is 17.6 Å². The summed E-state index contributed by atoms with van der Waals surface area (Å²) in [4.78, 5) is 12.9. The van der Waals surface area contributed by atoms with E-state index in [0.717, 1.165) is 20.8 Å². The van der Waals surface area contributed by atoms with Gasteiger partial charge in [0.2, 0.25) is 15.9 Å². The van der Waals surface area contributed by atoms with Crippen molar-refractivity contribution in [1.29, 1.82) is 0 Å². The molecule has 9 heteroatoms. The molecule has 0 fully saturated rings. The minimum Gasteiger partial charge on any atom is -0.309 e. The Morgan fingerprint density at radius 3 is 2.28 bits per heavy atom. The number of halogens is 1. The van der Waals surface area contributed by atoms with Crippen LogP contribution in [0.25, 0.3) is 23.0 Å². The smallest absolute Gasteiger partial charge is 0.240 e. The highest BCUT2D eigenvalue weighted by Crippen LogP contribution is 2.25. The lowest BCUT2D eigenvalue weighted by molar-refractivity contribution is -0.116. The number of amides is 1. The second-order valence-corrected chi connectivity index (χ2v) is 9.72. The van der Waals surface area contributed by atoms with Gasteiger partial charge in [-0.25, -0.2) is 17.5 Å². The van der Waals surface area contributed by atoms with Crippen LogP contribution in [0.5, 0.6) is 0 Å². The van der Waals surface area contributed by atoms with Gasteiger partial charge in [0, 0.05) is 23.6 Å². The zero-order chi connectivity index (χ0) is 25.5. The maximum atomic E-state index is 13.5. The van der Waals surface area contributed by atoms with Crippen LogP contribution < -0.4 is 5.32 Å². The molecule has 3 aromatic carbocycles. The molecule has 1 N–H and O–H groups in total. The van der Waals surface area contributed by atoms with Crippen LogP contribution in [-0.2, 0) is 14.8 Å². The second-order valence-electron chi connectivity index (χ2n) is 7.90. The van der Waals surface area contributed by atoms with Crippen LogP contribution >= 0.6 is 0 Å². The molecule has 4 rings (SSSR count). The fourth-order valence-electron chi connectivity index (χ4n) is 3.54. The number of rotatable bonds is 9. The summed E-state index contributed by atoms with van der Waals surface area (Å²) in [5.41, 5.74) is 2.71. The average molecular weight is 505 g/mol. The molecule has 0 aliphatic rings. The van der Waals surface area contributed by atoms with Gasteiger partial charge in [0.25, 0.3) is 0 Å².